The van der Waals surface area contributed by atoms with Crippen LogP contribution in [-0.4, -0.2) is 18.9 Å². The highest BCUT2D eigenvalue weighted by Gasteiger charge is 2.42. The molecule has 1 heterocycles. The maximum Gasteiger partial charge on any atom is 0.282 e. The van der Waals surface area contributed by atoms with Crippen molar-refractivity contribution >= 4 is 28.8 Å². The number of nitrogens with one attached hydrogen (secondary N) is 1. The third kappa shape index (κ3) is 4.12. The Morgan fingerprint density at radius 2 is 1.48 bits per heavy atom. The zero-order valence-electron chi connectivity index (χ0n) is 19.0. The summed E-state index contributed by atoms with van der Waals surface area (Å²) in [6.07, 6.45) is 0. The molecule has 0 saturated heterocycles. The summed E-state index contributed by atoms with van der Waals surface area (Å²) in [5.74, 6) is -1.48. The number of methoxy groups -OCH3 is 1. The topological polar surface area (TPSA) is 58.6 Å². The molecule has 2 amide bonds. The number of amides is 2. The zero-order chi connectivity index (χ0) is 23.8. The number of para-hydroxylation sites is 2. The van der Waals surface area contributed by atoms with Gasteiger partial charge in [-0.3, -0.25) is 9.59 Å². The SMILES string of the molecule is COc1ccccc1C1=C(Nc2ccc(C(C)(C)C)cc2)C(=O)N(c2ccccc2F)C1=O. The first kappa shape index (κ1) is 22.3. The second kappa shape index (κ2) is 8.54. The van der Waals surface area contributed by atoms with Crippen molar-refractivity contribution < 1.29 is 18.7 Å². The van der Waals surface area contributed by atoms with Crippen LogP contribution in [0, 0.1) is 5.82 Å². The quantitative estimate of drug-likeness (QED) is 0.526. The van der Waals surface area contributed by atoms with E-state index in [1.54, 1.807) is 30.3 Å². The molecular formula is C27H25FN2O3. The number of halogens is 1. The highest BCUT2D eigenvalue weighted by Crippen LogP contribution is 2.38. The molecule has 3 aromatic carbocycles. The highest BCUT2D eigenvalue weighted by atomic mass is 19.1. The van der Waals surface area contributed by atoms with Gasteiger partial charge in [-0.05, 0) is 41.3 Å². The van der Waals surface area contributed by atoms with Gasteiger partial charge in [-0.15, -0.1) is 0 Å². The van der Waals surface area contributed by atoms with Crippen molar-refractivity contribution in [3.8, 4) is 5.75 Å². The van der Waals surface area contributed by atoms with Crippen LogP contribution in [0.4, 0.5) is 15.8 Å². The molecule has 0 unspecified atom stereocenters. The third-order valence-corrected chi connectivity index (χ3v) is 5.57. The van der Waals surface area contributed by atoms with Crippen LogP contribution in [0.3, 0.4) is 0 Å². The van der Waals surface area contributed by atoms with Crippen molar-refractivity contribution in [2.75, 3.05) is 17.3 Å². The number of imide groups is 1. The van der Waals surface area contributed by atoms with Crippen LogP contribution in [0.1, 0.15) is 31.9 Å². The molecule has 168 valence electrons. The minimum absolute atomic E-state index is 0.0266. The van der Waals surface area contributed by atoms with Gasteiger partial charge >= 0.3 is 0 Å². The minimum atomic E-state index is -0.658. The fraction of sp³-hybridized carbons (Fsp3) is 0.185. The van der Waals surface area contributed by atoms with Gasteiger partial charge in [0.25, 0.3) is 11.8 Å². The van der Waals surface area contributed by atoms with E-state index in [2.05, 4.69) is 26.1 Å². The van der Waals surface area contributed by atoms with E-state index in [9.17, 15) is 14.0 Å². The average Bonchev–Trinajstić information content (AvgIpc) is 3.03. The largest absolute Gasteiger partial charge is 0.496 e. The predicted molar refractivity (Wildman–Crippen MR) is 128 cm³/mol. The van der Waals surface area contributed by atoms with E-state index in [0.717, 1.165) is 10.5 Å². The van der Waals surface area contributed by atoms with Crippen molar-refractivity contribution in [1.29, 1.82) is 0 Å². The Hall–Kier alpha value is -3.93. The molecule has 0 aliphatic carbocycles. The van der Waals surface area contributed by atoms with Crippen LogP contribution in [0.15, 0.2) is 78.5 Å². The Balaban J connectivity index is 1.83. The first-order valence-corrected chi connectivity index (χ1v) is 10.6. The van der Waals surface area contributed by atoms with Gasteiger partial charge in [-0.2, -0.15) is 0 Å². The lowest BCUT2D eigenvalue weighted by molar-refractivity contribution is -0.120. The summed E-state index contributed by atoms with van der Waals surface area (Å²) in [7, 11) is 1.49. The van der Waals surface area contributed by atoms with E-state index < -0.39 is 17.6 Å². The van der Waals surface area contributed by atoms with E-state index in [1.165, 1.54) is 25.3 Å². The van der Waals surface area contributed by atoms with Crippen LogP contribution in [0.25, 0.3) is 5.57 Å². The zero-order valence-corrected chi connectivity index (χ0v) is 19.0. The fourth-order valence-electron chi connectivity index (χ4n) is 3.80. The normalized spacial score (nSPS) is 14.2. The second-order valence-electron chi connectivity index (χ2n) is 8.80. The molecule has 0 aromatic heterocycles. The number of anilines is 2. The summed E-state index contributed by atoms with van der Waals surface area (Å²) in [5.41, 5.74) is 2.29. The van der Waals surface area contributed by atoms with Crippen molar-refractivity contribution in [1.82, 2.24) is 0 Å². The lowest BCUT2D eigenvalue weighted by Gasteiger charge is -2.19. The van der Waals surface area contributed by atoms with Crippen molar-refractivity contribution in [3.63, 3.8) is 0 Å². The number of hydrogen-bond donors (Lipinski definition) is 1. The first-order chi connectivity index (χ1) is 15.7. The van der Waals surface area contributed by atoms with E-state index in [4.69, 9.17) is 4.74 Å². The summed E-state index contributed by atoms with van der Waals surface area (Å²) in [5, 5.41) is 3.11. The van der Waals surface area contributed by atoms with Gasteiger partial charge in [0.1, 0.15) is 17.3 Å². The van der Waals surface area contributed by atoms with Gasteiger partial charge in [0.2, 0.25) is 0 Å². The molecule has 1 aliphatic heterocycles. The number of carbonyl (C=O) groups excluding carboxylic acids is 2. The van der Waals surface area contributed by atoms with Crippen molar-refractivity contribution in [2.24, 2.45) is 0 Å². The van der Waals surface area contributed by atoms with Gasteiger partial charge in [0, 0.05) is 11.3 Å². The molecular weight excluding hydrogens is 419 g/mol. The number of ether oxygens (including phenoxy) is 1. The molecule has 5 nitrogen and oxygen atoms in total. The maximum atomic E-state index is 14.6. The monoisotopic (exact) mass is 444 g/mol. The Kier molecular flexibility index (Phi) is 5.77. The summed E-state index contributed by atoms with van der Waals surface area (Å²) in [6, 6.07) is 20.3. The molecule has 4 rings (SSSR count). The van der Waals surface area contributed by atoms with Crippen LogP contribution in [-0.2, 0) is 15.0 Å². The Morgan fingerprint density at radius 3 is 2.12 bits per heavy atom. The fourth-order valence-corrected chi connectivity index (χ4v) is 3.80. The Labute approximate surface area is 192 Å². The molecule has 1 N–H and O–H groups in total. The summed E-state index contributed by atoms with van der Waals surface area (Å²) in [4.78, 5) is 27.8. The van der Waals surface area contributed by atoms with Crippen LogP contribution in [0.5, 0.6) is 5.75 Å². The second-order valence-corrected chi connectivity index (χ2v) is 8.80. The Bertz CT molecular complexity index is 1260. The molecule has 6 heteroatoms. The molecule has 3 aromatic rings. The van der Waals surface area contributed by atoms with Crippen LogP contribution >= 0.6 is 0 Å². The number of rotatable bonds is 5. The number of benzene rings is 3. The van der Waals surface area contributed by atoms with Gasteiger partial charge in [0.05, 0.1) is 18.4 Å². The first-order valence-electron chi connectivity index (χ1n) is 10.6. The smallest absolute Gasteiger partial charge is 0.282 e. The lowest BCUT2D eigenvalue weighted by Crippen LogP contribution is -2.33. The minimum Gasteiger partial charge on any atom is -0.496 e. The van der Waals surface area contributed by atoms with Gasteiger partial charge in [-0.25, -0.2) is 9.29 Å². The molecule has 33 heavy (non-hydrogen) atoms. The molecule has 0 atom stereocenters. The summed E-state index contributed by atoms with van der Waals surface area (Å²) >= 11 is 0. The lowest BCUT2D eigenvalue weighted by atomic mass is 9.87. The molecule has 0 fully saturated rings. The standard InChI is InChI=1S/C27H25FN2O3/c1-27(2,3)17-13-15-18(16-14-17)29-24-23(19-9-5-8-12-22(19)33-4)25(31)30(26(24)32)21-11-7-6-10-20(21)28/h5-16,29H,1-4H3. The third-order valence-electron chi connectivity index (χ3n) is 5.57. The van der Waals surface area contributed by atoms with Crippen LogP contribution < -0.4 is 15.0 Å². The Morgan fingerprint density at radius 1 is 0.848 bits per heavy atom. The van der Waals surface area contributed by atoms with Gasteiger partial charge in [0.15, 0.2) is 0 Å². The average molecular weight is 445 g/mol. The van der Waals surface area contributed by atoms with E-state index >= 15 is 0 Å². The van der Waals surface area contributed by atoms with Gasteiger partial charge < -0.3 is 10.1 Å². The molecule has 1 aliphatic rings. The predicted octanol–water partition coefficient (Wildman–Crippen LogP) is 5.53. The molecule has 0 saturated carbocycles. The van der Waals surface area contributed by atoms with E-state index in [1.807, 2.05) is 24.3 Å². The van der Waals surface area contributed by atoms with E-state index in [0.29, 0.717) is 17.0 Å². The number of nitrogens with zero attached hydrogens (tertiary/aromatic N) is 1. The van der Waals surface area contributed by atoms with Crippen molar-refractivity contribution in [3.05, 3.63) is 95.4 Å². The van der Waals surface area contributed by atoms with E-state index in [-0.39, 0.29) is 22.4 Å². The maximum absolute atomic E-state index is 14.6. The van der Waals surface area contributed by atoms with Crippen molar-refractivity contribution in [2.45, 2.75) is 26.2 Å². The molecule has 0 bridgehead atoms. The number of hydrogen-bond acceptors (Lipinski definition) is 4. The highest BCUT2D eigenvalue weighted by molar-refractivity contribution is 6.46. The molecule has 0 radical (unpaired) electrons. The summed E-state index contributed by atoms with van der Waals surface area (Å²) in [6.45, 7) is 6.34. The molecule has 0 spiro atoms. The number of carbonyl (C=O) groups is 2. The summed E-state index contributed by atoms with van der Waals surface area (Å²) < 4.78 is 20.0. The van der Waals surface area contributed by atoms with Gasteiger partial charge in [-0.1, -0.05) is 63.2 Å². The van der Waals surface area contributed by atoms with Crippen LogP contribution in [0.2, 0.25) is 0 Å².